The predicted octanol–water partition coefficient (Wildman–Crippen LogP) is 2.56. The van der Waals surface area contributed by atoms with E-state index in [0.29, 0.717) is 29.0 Å². The molecule has 0 radical (unpaired) electrons. The molecule has 0 bridgehead atoms. The minimum Gasteiger partial charge on any atom is -0.479 e. The Hall–Kier alpha value is -3.15. The van der Waals surface area contributed by atoms with Gasteiger partial charge in [-0.15, -0.1) is 0 Å². The Balaban J connectivity index is 1.84. The zero-order valence-electron chi connectivity index (χ0n) is 14.0. The van der Waals surface area contributed by atoms with Crippen LogP contribution in [0.1, 0.15) is 22.8 Å². The molecule has 6 nitrogen and oxygen atoms in total. The van der Waals surface area contributed by atoms with E-state index in [4.69, 9.17) is 4.74 Å². The monoisotopic (exact) mass is 338 g/mol. The van der Waals surface area contributed by atoms with Crippen LogP contribution in [0.5, 0.6) is 5.75 Å². The second kappa shape index (κ2) is 6.76. The van der Waals surface area contributed by atoms with Crippen molar-refractivity contribution in [2.24, 2.45) is 0 Å². The van der Waals surface area contributed by atoms with Crippen LogP contribution >= 0.6 is 0 Å². The van der Waals surface area contributed by atoms with E-state index in [1.807, 2.05) is 25.1 Å². The molecule has 0 fully saturated rings. The third-order valence-corrected chi connectivity index (χ3v) is 3.93. The summed E-state index contributed by atoms with van der Waals surface area (Å²) in [7, 11) is 0. The molecule has 1 heterocycles. The van der Waals surface area contributed by atoms with Gasteiger partial charge in [0, 0.05) is 11.3 Å². The molecule has 6 heteroatoms. The predicted molar refractivity (Wildman–Crippen MR) is 94.1 cm³/mol. The fourth-order valence-corrected chi connectivity index (χ4v) is 2.73. The van der Waals surface area contributed by atoms with Crippen LogP contribution in [0.15, 0.2) is 42.5 Å². The van der Waals surface area contributed by atoms with E-state index in [9.17, 15) is 14.4 Å². The number of carbonyl (C=O) groups excluding carboxylic acids is 3. The first kappa shape index (κ1) is 16.7. The number of benzene rings is 2. The Labute approximate surface area is 145 Å². The Kier molecular flexibility index (Phi) is 4.52. The normalized spacial score (nSPS) is 16.0. The van der Waals surface area contributed by atoms with Gasteiger partial charge in [0.05, 0.1) is 5.69 Å². The van der Waals surface area contributed by atoms with Crippen LogP contribution in [0.2, 0.25) is 0 Å². The Morgan fingerprint density at radius 1 is 1.28 bits per heavy atom. The molecule has 0 aromatic heterocycles. The molecule has 2 aromatic carbocycles. The fraction of sp³-hybridized carbons (Fsp3) is 0.211. The highest BCUT2D eigenvalue weighted by Crippen LogP contribution is 2.34. The number of carbonyl (C=O) groups is 3. The molecule has 0 saturated carbocycles. The number of amides is 2. The van der Waals surface area contributed by atoms with E-state index in [0.717, 1.165) is 5.56 Å². The number of anilines is 2. The standard InChI is InChI=1S/C19H18N2O4/c1-12-4-3-5-15(8-12)20-18(23)10-21-16-9-14(11-22)6-7-17(16)25-13(2)19(21)24/h3-9,11,13H,10H2,1-2H3,(H,20,23). The highest BCUT2D eigenvalue weighted by Gasteiger charge is 2.32. The summed E-state index contributed by atoms with van der Waals surface area (Å²) in [6.07, 6.45) is -0.00491. The highest BCUT2D eigenvalue weighted by atomic mass is 16.5. The number of rotatable bonds is 4. The van der Waals surface area contributed by atoms with Gasteiger partial charge in [0.2, 0.25) is 5.91 Å². The SMILES string of the molecule is Cc1cccc(NC(=O)CN2C(=O)C(C)Oc3ccc(C=O)cc32)c1. The minimum absolute atomic E-state index is 0.157. The zero-order chi connectivity index (χ0) is 18.0. The van der Waals surface area contributed by atoms with Crippen molar-refractivity contribution in [2.75, 3.05) is 16.8 Å². The molecule has 25 heavy (non-hydrogen) atoms. The van der Waals surface area contributed by atoms with Crippen LogP contribution in [0, 0.1) is 6.92 Å². The number of ether oxygens (including phenoxy) is 1. The van der Waals surface area contributed by atoms with E-state index in [1.165, 1.54) is 4.90 Å². The summed E-state index contributed by atoms with van der Waals surface area (Å²) in [6.45, 7) is 3.40. The van der Waals surface area contributed by atoms with Gasteiger partial charge in [-0.2, -0.15) is 0 Å². The van der Waals surface area contributed by atoms with Crippen molar-refractivity contribution in [1.29, 1.82) is 0 Å². The van der Waals surface area contributed by atoms with Gasteiger partial charge >= 0.3 is 0 Å². The number of hydrogen-bond acceptors (Lipinski definition) is 4. The molecule has 2 aromatic rings. The van der Waals surface area contributed by atoms with E-state index >= 15 is 0 Å². The fourth-order valence-electron chi connectivity index (χ4n) is 2.73. The largest absolute Gasteiger partial charge is 0.479 e. The van der Waals surface area contributed by atoms with Crippen LogP contribution in [0.4, 0.5) is 11.4 Å². The number of nitrogens with one attached hydrogen (secondary N) is 1. The van der Waals surface area contributed by atoms with Gasteiger partial charge in [-0.25, -0.2) is 0 Å². The smallest absolute Gasteiger partial charge is 0.268 e. The summed E-state index contributed by atoms with van der Waals surface area (Å²) in [5.41, 5.74) is 2.52. The summed E-state index contributed by atoms with van der Waals surface area (Å²) < 4.78 is 5.55. The molecule has 3 rings (SSSR count). The second-order valence-corrected chi connectivity index (χ2v) is 5.95. The van der Waals surface area contributed by atoms with E-state index < -0.39 is 6.10 Å². The van der Waals surface area contributed by atoms with E-state index in [1.54, 1.807) is 31.2 Å². The molecule has 1 unspecified atom stereocenters. The summed E-state index contributed by atoms with van der Waals surface area (Å²) in [5, 5.41) is 2.78. The van der Waals surface area contributed by atoms with Crippen LogP contribution in [-0.2, 0) is 9.59 Å². The average Bonchev–Trinajstić information content (AvgIpc) is 2.58. The van der Waals surface area contributed by atoms with Gasteiger partial charge in [0.15, 0.2) is 6.10 Å². The molecule has 1 atom stereocenters. The molecule has 2 amide bonds. The van der Waals surface area contributed by atoms with E-state index in [2.05, 4.69) is 5.32 Å². The molecule has 1 aliphatic rings. The zero-order valence-corrected chi connectivity index (χ0v) is 14.0. The molecule has 1 aliphatic heterocycles. The lowest BCUT2D eigenvalue weighted by molar-refractivity contribution is -0.127. The molecule has 0 spiro atoms. The second-order valence-electron chi connectivity index (χ2n) is 5.95. The van der Waals surface area contributed by atoms with Crippen LogP contribution < -0.4 is 15.0 Å². The lowest BCUT2D eigenvalue weighted by Gasteiger charge is -2.32. The molecule has 0 aliphatic carbocycles. The van der Waals surface area contributed by atoms with Crippen molar-refractivity contribution in [1.82, 2.24) is 0 Å². The number of hydrogen-bond donors (Lipinski definition) is 1. The summed E-state index contributed by atoms with van der Waals surface area (Å²) in [5.74, 6) is -0.175. The van der Waals surface area contributed by atoms with Gasteiger partial charge in [-0.3, -0.25) is 19.3 Å². The van der Waals surface area contributed by atoms with Crippen LogP contribution in [0.3, 0.4) is 0 Å². The summed E-state index contributed by atoms with van der Waals surface area (Å²) in [6, 6.07) is 12.2. The van der Waals surface area contributed by atoms with Gasteiger partial charge in [0.25, 0.3) is 5.91 Å². The minimum atomic E-state index is -0.693. The van der Waals surface area contributed by atoms with Crippen molar-refractivity contribution in [3.05, 3.63) is 53.6 Å². The first-order chi connectivity index (χ1) is 12.0. The highest BCUT2D eigenvalue weighted by molar-refractivity contribution is 6.06. The van der Waals surface area contributed by atoms with Gasteiger partial charge < -0.3 is 10.1 Å². The number of nitrogens with zero attached hydrogens (tertiary/aromatic N) is 1. The third kappa shape index (κ3) is 3.52. The Morgan fingerprint density at radius 3 is 2.80 bits per heavy atom. The number of fused-ring (bicyclic) bond motifs is 1. The van der Waals surface area contributed by atoms with Crippen molar-refractivity contribution >= 4 is 29.5 Å². The van der Waals surface area contributed by atoms with Crippen molar-refractivity contribution in [2.45, 2.75) is 20.0 Å². The number of aryl methyl sites for hydroxylation is 1. The van der Waals surface area contributed by atoms with Gasteiger partial charge in [0.1, 0.15) is 18.6 Å². The summed E-state index contributed by atoms with van der Waals surface area (Å²) in [4.78, 5) is 37.2. The molecular weight excluding hydrogens is 320 g/mol. The molecule has 1 N–H and O–H groups in total. The lowest BCUT2D eigenvalue weighted by atomic mass is 10.1. The van der Waals surface area contributed by atoms with E-state index in [-0.39, 0.29) is 18.4 Å². The molecule has 0 saturated heterocycles. The topological polar surface area (TPSA) is 75.7 Å². The number of aldehydes is 1. The maximum atomic E-state index is 12.5. The Bertz CT molecular complexity index is 847. The Morgan fingerprint density at radius 2 is 2.08 bits per heavy atom. The van der Waals surface area contributed by atoms with Gasteiger partial charge in [-0.05, 0) is 49.7 Å². The molecule has 128 valence electrons. The van der Waals surface area contributed by atoms with Crippen molar-refractivity contribution in [3.63, 3.8) is 0 Å². The van der Waals surface area contributed by atoms with Crippen LogP contribution in [0.25, 0.3) is 0 Å². The first-order valence-corrected chi connectivity index (χ1v) is 7.91. The maximum Gasteiger partial charge on any atom is 0.268 e. The molecular formula is C19H18N2O4. The summed E-state index contributed by atoms with van der Waals surface area (Å²) >= 11 is 0. The quantitative estimate of drug-likeness (QED) is 0.870. The average molecular weight is 338 g/mol. The third-order valence-electron chi connectivity index (χ3n) is 3.93. The van der Waals surface area contributed by atoms with Crippen LogP contribution in [-0.4, -0.2) is 30.7 Å². The van der Waals surface area contributed by atoms with Crippen molar-refractivity contribution < 1.29 is 19.1 Å². The maximum absolute atomic E-state index is 12.5. The first-order valence-electron chi connectivity index (χ1n) is 7.91. The van der Waals surface area contributed by atoms with Gasteiger partial charge in [-0.1, -0.05) is 12.1 Å². The van der Waals surface area contributed by atoms with Crippen molar-refractivity contribution in [3.8, 4) is 5.75 Å². The lowest BCUT2D eigenvalue weighted by Crippen LogP contribution is -2.47.